The largest absolute Gasteiger partial charge is 0.417 e. The zero-order chi connectivity index (χ0) is 19.9. The molecule has 5 nitrogen and oxygen atoms in total. The quantitative estimate of drug-likeness (QED) is 0.600. The van der Waals surface area contributed by atoms with E-state index in [1.807, 2.05) is 4.90 Å². The minimum atomic E-state index is -4.57. The number of aromatic nitrogens is 1. The van der Waals surface area contributed by atoms with Gasteiger partial charge in [-0.3, -0.25) is 9.59 Å². The number of anilines is 1. The maximum atomic E-state index is 13.2. The van der Waals surface area contributed by atoms with Crippen LogP contribution in [0.5, 0.6) is 0 Å². The predicted molar refractivity (Wildman–Crippen MR) is 96.2 cm³/mol. The summed E-state index contributed by atoms with van der Waals surface area (Å²) in [6.45, 7) is 1.74. The van der Waals surface area contributed by atoms with Gasteiger partial charge >= 0.3 is 6.18 Å². The summed E-state index contributed by atoms with van der Waals surface area (Å²) in [5, 5.41) is 0. The van der Waals surface area contributed by atoms with E-state index in [4.69, 9.17) is 0 Å². The van der Waals surface area contributed by atoms with E-state index < -0.39 is 17.6 Å². The van der Waals surface area contributed by atoms with Crippen molar-refractivity contribution in [3.8, 4) is 0 Å². The minimum absolute atomic E-state index is 0.309. The average Bonchev–Trinajstić information content (AvgIpc) is 3.26. The van der Waals surface area contributed by atoms with Crippen LogP contribution in [0.2, 0.25) is 0 Å². The normalized spacial score (nSPS) is 16.5. The van der Waals surface area contributed by atoms with Crippen molar-refractivity contribution in [2.45, 2.75) is 6.18 Å². The Morgan fingerprint density at radius 1 is 1.00 bits per heavy atom. The Bertz CT molecular complexity index is 949. The first kappa shape index (κ1) is 18.2. The molecule has 2 aromatic rings. The molecule has 2 aliphatic heterocycles. The second-order valence-electron chi connectivity index (χ2n) is 6.84. The lowest BCUT2D eigenvalue weighted by Crippen LogP contribution is -2.35. The molecule has 0 radical (unpaired) electrons. The number of rotatable bonds is 3. The molecule has 1 amide bonds. The van der Waals surface area contributed by atoms with Gasteiger partial charge in [0.25, 0.3) is 5.91 Å². The van der Waals surface area contributed by atoms with E-state index in [-0.39, 0.29) is 5.56 Å². The van der Waals surface area contributed by atoms with Crippen molar-refractivity contribution in [3.05, 3.63) is 70.4 Å². The molecule has 0 spiro atoms. The smallest absolute Gasteiger partial charge is 0.348 e. The standard InChI is InChI=1S/C20H16F3N3O2/c21-20(22,23)17-4-2-1-3-16(17)19(28)26-10-14-8-25(9-15(14)11-26)18-6-5-13(12-27)7-24-18/h1-7,12H,8-11H2. The highest BCUT2D eigenvalue weighted by atomic mass is 19.4. The van der Waals surface area contributed by atoms with Crippen molar-refractivity contribution in [1.29, 1.82) is 0 Å². The summed E-state index contributed by atoms with van der Waals surface area (Å²) in [4.78, 5) is 31.2. The van der Waals surface area contributed by atoms with E-state index in [1.165, 1.54) is 29.3 Å². The van der Waals surface area contributed by atoms with Gasteiger partial charge in [0.05, 0.1) is 11.1 Å². The summed E-state index contributed by atoms with van der Waals surface area (Å²) in [5.41, 5.74) is 1.31. The lowest BCUT2D eigenvalue weighted by molar-refractivity contribution is -0.138. The Morgan fingerprint density at radius 2 is 1.68 bits per heavy atom. The molecule has 0 unspecified atom stereocenters. The number of carbonyl (C=O) groups excluding carboxylic acids is 2. The SMILES string of the molecule is O=Cc1ccc(N2CC3=C(CN(C(=O)c4ccccc4C(F)(F)F)C3)C2)nc1. The second kappa shape index (κ2) is 6.78. The molecule has 1 aromatic heterocycles. The predicted octanol–water partition coefficient (Wildman–Crippen LogP) is 3.19. The Hall–Kier alpha value is -3.16. The van der Waals surface area contributed by atoms with Crippen LogP contribution in [0.4, 0.5) is 19.0 Å². The number of amides is 1. The van der Waals surface area contributed by atoms with Crippen LogP contribution in [0.25, 0.3) is 0 Å². The zero-order valence-electron chi connectivity index (χ0n) is 14.7. The van der Waals surface area contributed by atoms with Gasteiger partial charge in [-0.1, -0.05) is 12.1 Å². The topological polar surface area (TPSA) is 53.5 Å². The fourth-order valence-electron chi connectivity index (χ4n) is 3.63. The van der Waals surface area contributed by atoms with Crippen LogP contribution < -0.4 is 4.90 Å². The number of hydrogen-bond acceptors (Lipinski definition) is 4. The molecule has 0 fully saturated rings. The molecular formula is C20H16F3N3O2. The van der Waals surface area contributed by atoms with E-state index in [1.54, 1.807) is 12.1 Å². The van der Waals surface area contributed by atoms with Crippen LogP contribution in [0.1, 0.15) is 26.3 Å². The number of aldehydes is 1. The van der Waals surface area contributed by atoms with Crippen molar-refractivity contribution in [2.24, 2.45) is 0 Å². The molecule has 0 N–H and O–H groups in total. The van der Waals surface area contributed by atoms with Gasteiger partial charge in [-0.25, -0.2) is 4.98 Å². The van der Waals surface area contributed by atoms with Crippen molar-refractivity contribution in [1.82, 2.24) is 9.88 Å². The second-order valence-corrected chi connectivity index (χ2v) is 6.84. The summed E-state index contributed by atoms with van der Waals surface area (Å²) in [6.07, 6.45) is -2.35. The number of hydrogen-bond donors (Lipinski definition) is 0. The first-order valence-corrected chi connectivity index (χ1v) is 8.68. The molecule has 0 saturated carbocycles. The fourth-order valence-corrected chi connectivity index (χ4v) is 3.63. The molecule has 144 valence electrons. The summed E-state index contributed by atoms with van der Waals surface area (Å²) < 4.78 is 39.6. The van der Waals surface area contributed by atoms with Crippen LogP contribution in [0, 0.1) is 0 Å². The molecule has 3 heterocycles. The highest BCUT2D eigenvalue weighted by molar-refractivity contribution is 5.96. The average molecular weight is 387 g/mol. The van der Waals surface area contributed by atoms with E-state index in [0.29, 0.717) is 31.7 Å². The fraction of sp³-hybridized carbons (Fsp3) is 0.250. The van der Waals surface area contributed by atoms with Gasteiger partial charge < -0.3 is 9.80 Å². The first-order valence-electron chi connectivity index (χ1n) is 8.68. The number of nitrogens with zero attached hydrogens (tertiary/aromatic N) is 3. The third kappa shape index (κ3) is 3.26. The van der Waals surface area contributed by atoms with Crippen LogP contribution in [0.15, 0.2) is 53.7 Å². The van der Waals surface area contributed by atoms with Crippen molar-refractivity contribution in [3.63, 3.8) is 0 Å². The van der Waals surface area contributed by atoms with Crippen LogP contribution in [-0.4, -0.2) is 48.3 Å². The van der Waals surface area contributed by atoms with Gasteiger partial charge in [0, 0.05) is 37.9 Å². The lowest BCUT2D eigenvalue weighted by Gasteiger charge is -2.24. The number of alkyl halides is 3. The number of carbonyl (C=O) groups is 2. The molecule has 4 rings (SSSR count). The van der Waals surface area contributed by atoms with Crippen LogP contribution >= 0.6 is 0 Å². The number of halogens is 3. The zero-order valence-corrected chi connectivity index (χ0v) is 14.7. The first-order chi connectivity index (χ1) is 13.4. The number of pyridine rings is 1. The van der Waals surface area contributed by atoms with Gasteiger partial charge in [0.2, 0.25) is 0 Å². The molecule has 2 aliphatic rings. The van der Waals surface area contributed by atoms with Gasteiger partial charge in [0.15, 0.2) is 6.29 Å². The molecular weight excluding hydrogens is 371 g/mol. The minimum Gasteiger partial charge on any atom is -0.348 e. The Morgan fingerprint density at radius 3 is 2.25 bits per heavy atom. The van der Waals surface area contributed by atoms with E-state index in [2.05, 4.69) is 4.98 Å². The maximum absolute atomic E-state index is 13.2. The van der Waals surface area contributed by atoms with Gasteiger partial charge in [-0.15, -0.1) is 0 Å². The van der Waals surface area contributed by atoms with Gasteiger partial charge in [-0.2, -0.15) is 13.2 Å². The molecule has 1 aromatic carbocycles. The van der Waals surface area contributed by atoms with Gasteiger partial charge in [0.1, 0.15) is 5.82 Å². The van der Waals surface area contributed by atoms with Crippen molar-refractivity contribution >= 4 is 18.0 Å². The number of benzene rings is 1. The van der Waals surface area contributed by atoms with Crippen molar-refractivity contribution < 1.29 is 22.8 Å². The summed E-state index contributed by atoms with van der Waals surface area (Å²) in [6, 6.07) is 8.32. The monoisotopic (exact) mass is 387 g/mol. The highest BCUT2D eigenvalue weighted by Gasteiger charge is 2.38. The van der Waals surface area contributed by atoms with E-state index >= 15 is 0 Å². The Kier molecular flexibility index (Phi) is 4.41. The molecule has 0 bridgehead atoms. The highest BCUT2D eigenvalue weighted by Crippen LogP contribution is 2.34. The van der Waals surface area contributed by atoms with Crippen LogP contribution in [-0.2, 0) is 6.18 Å². The van der Waals surface area contributed by atoms with Crippen LogP contribution in [0.3, 0.4) is 0 Å². The molecule has 0 saturated heterocycles. The van der Waals surface area contributed by atoms with Crippen molar-refractivity contribution in [2.75, 3.05) is 31.1 Å². The molecule has 28 heavy (non-hydrogen) atoms. The van der Waals surface area contributed by atoms with E-state index in [0.717, 1.165) is 29.3 Å². The third-order valence-electron chi connectivity index (χ3n) is 5.01. The summed E-state index contributed by atoms with van der Waals surface area (Å²) >= 11 is 0. The van der Waals surface area contributed by atoms with E-state index in [9.17, 15) is 22.8 Å². The summed E-state index contributed by atoms with van der Waals surface area (Å²) in [7, 11) is 0. The third-order valence-corrected chi connectivity index (χ3v) is 5.01. The van der Waals surface area contributed by atoms with Gasteiger partial charge in [-0.05, 0) is 35.4 Å². The lowest BCUT2D eigenvalue weighted by atomic mass is 10.1. The maximum Gasteiger partial charge on any atom is 0.417 e. The Labute approximate surface area is 159 Å². The summed E-state index contributed by atoms with van der Waals surface area (Å²) in [5.74, 6) is 0.114. The Balaban J connectivity index is 1.46. The molecule has 0 aliphatic carbocycles. The molecule has 8 heteroatoms. The molecule has 0 atom stereocenters.